The molecule has 2 amide bonds. The van der Waals surface area contributed by atoms with E-state index in [1.54, 1.807) is 6.07 Å². The van der Waals surface area contributed by atoms with E-state index >= 15 is 0 Å². The highest BCUT2D eigenvalue weighted by Gasteiger charge is 2.28. The Morgan fingerprint density at radius 1 is 0.714 bits per heavy atom. The molecule has 0 aliphatic carbocycles. The van der Waals surface area contributed by atoms with Crippen LogP contribution in [0.2, 0.25) is 0 Å². The molecular formula is C24H21NO3. The Kier molecular flexibility index (Phi) is 5.20. The third-order valence-electron chi connectivity index (χ3n) is 4.92. The van der Waals surface area contributed by atoms with Crippen LogP contribution in [0.3, 0.4) is 0 Å². The van der Waals surface area contributed by atoms with Gasteiger partial charge in [0.25, 0.3) is 11.8 Å². The molecule has 0 unspecified atom stereocenters. The number of imide groups is 1. The Morgan fingerprint density at radius 2 is 1.46 bits per heavy atom. The van der Waals surface area contributed by atoms with Crippen molar-refractivity contribution < 1.29 is 14.3 Å². The summed E-state index contributed by atoms with van der Waals surface area (Å²) in [6, 6.07) is 23.8. The molecule has 0 spiro atoms. The highest BCUT2D eigenvalue weighted by molar-refractivity contribution is 6.22. The van der Waals surface area contributed by atoms with E-state index in [1.165, 1.54) is 11.1 Å². The van der Waals surface area contributed by atoms with Crippen molar-refractivity contribution in [3.05, 3.63) is 89.5 Å². The number of nitrogens with one attached hydrogen (secondary N) is 1. The van der Waals surface area contributed by atoms with Crippen molar-refractivity contribution in [3.63, 3.8) is 0 Å². The Balaban J connectivity index is 1.27. The van der Waals surface area contributed by atoms with Crippen molar-refractivity contribution in [2.24, 2.45) is 0 Å². The zero-order valence-corrected chi connectivity index (χ0v) is 15.5. The van der Waals surface area contributed by atoms with E-state index in [9.17, 15) is 9.59 Å². The topological polar surface area (TPSA) is 55.4 Å². The second kappa shape index (κ2) is 8.09. The summed E-state index contributed by atoms with van der Waals surface area (Å²) in [6.45, 7) is 0.616. The number of aryl methyl sites for hydroxylation is 1. The molecule has 140 valence electrons. The number of rotatable bonds is 7. The SMILES string of the molecule is O=C1NC(=O)c2c(CCCCOc3ccc(-c4ccccc4)cc3)cccc21. The number of carbonyl (C=O) groups is 2. The molecule has 0 radical (unpaired) electrons. The van der Waals surface area contributed by atoms with Crippen molar-refractivity contribution in [2.75, 3.05) is 6.61 Å². The molecule has 0 saturated carbocycles. The van der Waals surface area contributed by atoms with Crippen molar-refractivity contribution in [3.8, 4) is 16.9 Å². The van der Waals surface area contributed by atoms with Crippen LogP contribution >= 0.6 is 0 Å². The Hall–Kier alpha value is -3.40. The summed E-state index contributed by atoms with van der Waals surface area (Å²) < 4.78 is 5.83. The fourth-order valence-corrected chi connectivity index (χ4v) is 3.48. The highest BCUT2D eigenvalue weighted by atomic mass is 16.5. The van der Waals surface area contributed by atoms with E-state index < -0.39 is 0 Å². The van der Waals surface area contributed by atoms with Crippen LogP contribution in [-0.4, -0.2) is 18.4 Å². The van der Waals surface area contributed by atoms with Gasteiger partial charge in [0.05, 0.1) is 17.7 Å². The lowest BCUT2D eigenvalue weighted by Gasteiger charge is -2.09. The molecule has 4 nitrogen and oxygen atoms in total. The molecule has 0 bridgehead atoms. The normalized spacial score (nSPS) is 12.6. The van der Waals surface area contributed by atoms with Gasteiger partial charge in [-0.2, -0.15) is 0 Å². The molecule has 0 fully saturated rings. The van der Waals surface area contributed by atoms with Crippen molar-refractivity contribution in [1.29, 1.82) is 0 Å². The molecule has 3 aromatic rings. The molecule has 0 atom stereocenters. The molecule has 1 heterocycles. The molecule has 1 aliphatic heterocycles. The number of carbonyl (C=O) groups excluding carboxylic acids is 2. The summed E-state index contributed by atoms with van der Waals surface area (Å²) in [7, 11) is 0. The van der Waals surface area contributed by atoms with Gasteiger partial charge in [0.2, 0.25) is 0 Å². The van der Waals surface area contributed by atoms with Crippen molar-refractivity contribution in [2.45, 2.75) is 19.3 Å². The van der Waals surface area contributed by atoms with Gasteiger partial charge in [0.15, 0.2) is 0 Å². The predicted molar refractivity (Wildman–Crippen MR) is 109 cm³/mol. The molecule has 0 saturated heterocycles. The number of hydrogen-bond donors (Lipinski definition) is 1. The standard InChI is InChI=1S/C24H21NO3/c26-23-21-11-6-10-19(22(21)24(27)25-23)9-4-5-16-28-20-14-12-18(13-15-20)17-7-2-1-3-8-17/h1-3,6-8,10-15H,4-5,9,16H2,(H,25,26,27). The van der Waals surface area contributed by atoms with Gasteiger partial charge in [-0.05, 0) is 54.2 Å². The minimum Gasteiger partial charge on any atom is -0.494 e. The van der Waals surface area contributed by atoms with Gasteiger partial charge in [-0.15, -0.1) is 0 Å². The molecule has 4 rings (SSSR count). The zero-order chi connectivity index (χ0) is 19.3. The minimum absolute atomic E-state index is 0.287. The maximum atomic E-state index is 11.9. The summed E-state index contributed by atoms with van der Waals surface area (Å²) in [5.41, 5.74) is 4.29. The molecular weight excluding hydrogens is 350 g/mol. The molecule has 1 aliphatic rings. The molecule has 1 N–H and O–H groups in total. The quantitative estimate of drug-likeness (QED) is 0.486. The second-order valence-electron chi connectivity index (χ2n) is 6.82. The van der Waals surface area contributed by atoms with Gasteiger partial charge in [0, 0.05) is 0 Å². The maximum Gasteiger partial charge on any atom is 0.259 e. The van der Waals surface area contributed by atoms with E-state index in [-0.39, 0.29) is 11.8 Å². The first-order chi connectivity index (χ1) is 13.7. The summed E-state index contributed by atoms with van der Waals surface area (Å²) in [6.07, 6.45) is 2.51. The molecule has 0 aromatic heterocycles. The lowest BCUT2D eigenvalue weighted by atomic mass is 9.98. The first kappa shape index (κ1) is 18.0. The first-order valence-electron chi connectivity index (χ1n) is 9.48. The summed E-state index contributed by atoms with van der Waals surface area (Å²) >= 11 is 0. The van der Waals surface area contributed by atoms with Crippen LogP contribution in [0.25, 0.3) is 11.1 Å². The van der Waals surface area contributed by atoms with Crippen LogP contribution in [0.5, 0.6) is 5.75 Å². The zero-order valence-electron chi connectivity index (χ0n) is 15.5. The average Bonchev–Trinajstić information content (AvgIpc) is 3.03. The van der Waals surface area contributed by atoms with Crippen molar-refractivity contribution >= 4 is 11.8 Å². The Morgan fingerprint density at radius 3 is 2.25 bits per heavy atom. The largest absolute Gasteiger partial charge is 0.494 e. The summed E-state index contributed by atoms with van der Waals surface area (Å²) in [4.78, 5) is 23.7. The maximum absolute atomic E-state index is 11.9. The van der Waals surface area contributed by atoms with Gasteiger partial charge in [-0.3, -0.25) is 14.9 Å². The average molecular weight is 371 g/mol. The second-order valence-corrected chi connectivity index (χ2v) is 6.82. The van der Waals surface area contributed by atoms with Gasteiger partial charge in [-0.25, -0.2) is 0 Å². The first-order valence-corrected chi connectivity index (χ1v) is 9.48. The van der Waals surface area contributed by atoms with E-state index in [2.05, 4.69) is 29.6 Å². The monoisotopic (exact) mass is 371 g/mol. The lowest BCUT2D eigenvalue weighted by Crippen LogP contribution is -2.20. The fourth-order valence-electron chi connectivity index (χ4n) is 3.48. The third-order valence-corrected chi connectivity index (χ3v) is 4.92. The number of hydrogen-bond acceptors (Lipinski definition) is 3. The van der Waals surface area contributed by atoms with Crippen LogP contribution in [0, 0.1) is 0 Å². The van der Waals surface area contributed by atoms with Gasteiger partial charge < -0.3 is 4.74 Å². The van der Waals surface area contributed by atoms with Crippen LogP contribution in [0.15, 0.2) is 72.8 Å². The Labute approximate surface area is 164 Å². The highest BCUT2D eigenvalue weighted by Crippen LogP contribution is 2.23. The number of benzene rings is 3. The molecule has 28 heavy (non-hydrogen) atoms. The molecule has 3 aromatic carbocycles. The van der Waals surface area contributed by atoms with Crippen LogP contribution in [-0.2, 0) is 6.42 Å². The van der Waals surface area contributed by atoms with Gasteiger partial charge in [0.1, 0.15) is 5.75 Å². The van der Waals surface area contributed by atoms with E-state index in [0.717, 1.165) is 30.6 Å². The Bertz CT molecular complexity index is 994. The number of amides is 2. The van der Waals surface area contributed by atoms with E-state index in [0.29, 0.717) is 17.7 Å². The van der Waals surface area contributed by atoms with E-state index in [1.807, 2.05) is 42.5 Å². The summed E-state index contributed by atoms with van der Waals surface area (Å²) in [5.74, 6) is 0.264. The smallest absolute Gasteiger partial charge is 0.259 e. The van der Waals surface area contributed by atoms with Gasteiger partial charge >= 0.3 is 0 Å². The van der Waals surface area contributed by atoms with Crippen molar-refractivity contribution in [1.82, 2.24) is 5.32 Å². The number of unbranched alkanes of at least 4 members (excludes halogenated alkanes) is 1. The van der Waals surface area contributed by atoms with Gasteiger partial charge in [-0.1, -0.05) is 54.6 Å². The number of ether oxygens (including phenoxy) is 1. The molecule has 4 heteroatoms. The predicted octanol–water partition coefficient (Wildman–Crippen LogP) is 4.64. The summed E-state index contributed by atoms with van der Waals surface area (Å²) in [5, 5.41) is 2.36. The van der Waals surface area contributed by atoms with Crippen LogP contribution in [0.1, 0.15) is 39.1 Å². The van der Waals surface area contributed by atoms with E-state index in [4.69, 9.17) is 4.74 Å². The van der Waals surface area contributed by atoms with Crippen LogP contribution in [0.4, 0.5) is 0 Å². The van der Waals surface area contributed by atoms with Crippen LogP contribution < -0.4 is 10.1 Å². The minimum atomic E-state index is -0.302. The lowest BCUT2D eigenvalue weighted by molar-refractivity contribution is 0.0879. The number of fused-ring (bicyclic) bond motifs is 1. The fraction of sp³-hybridized carbons (Fsp3) is 0.167. The third kappa shape index (κ3) is 3.81.